The molecule has 2 heterocycles. The Hall–Kier alpha value is -2.77. The second-order valence-corrected chi connectivity index (χ2v) is 5.48. The van der Waals surface area contributed by atoms with Crippen molar-refractivity contribution in [3.63, 3.8) is 0 Å². The van der Waals surface area contributed by atoms with Crippen molar-refractivity contribution in [2.75, 3.05) is 7.11 Å². The molecule has 2 aromatic heterocycles. The Morgan fingerprint density at radius 2 is 2.21 bits per heavy atom. The average molecular weight is 332 g/mol. The monoisotopic (exact) mass is 332 g/mol. The number of rotatable bonds is 7. The minimum absolute atomic E-state index is 0.126. The molecule has 1 N–H and O–H groups in total. The van der Waals surface area contributed by atoms with Crippen LogP contribution >= 0.6 is 0 Å². The number of pyridine rings is 1. The second kappa shape index (κ2) is 7.67. The van der Waals surface area contributed by atoms with Gasteiger partial charge < -0.3 is 14.6 Å². The third-order valence-corrected chi connectivity index (χ3v) is 3.71. The number of nitrogens with one attached hydrogen (secondary N) is 1. The zero-order valence-electron chi connectivity index (χ0n) is 13.9. The molecule has 0 aromatic carbocycles. The molecular weight excluding hydrogens is 312 g/mol. The fourth-order valence-corrected chi connectivity index (χ4v) is 2.07. The maximum atomic E-state index is 12.1. The Labute approximate surface area is 139 Å². The standard InChI is InChI=1S/C16H20N4O4/c1-4-16(2,15(22)23-3)19-12(21)7-8-13-18-14(20-24-13)11-6-5-9-17-10-11/h5-6,9-10H,4,7-8H2,1-3H3,(H,19,21). The van der Waals surface area contributed by atoms with Gasteiger partial charge in [0, 0.05) is 30.8 Å². The number of nitrogens with zero attached hydrogens (tertiary/aromatic N) is 3. The number of esters is 1. The summed E-state index contributed by atoms with van der Waals surface area (Å²) in [6.45, 7) is 3.43. The van der Waals surface area contributed by atoms with Gasteiger partial charge in [-0.25, -0.2) is 4.79 Å². The number of carbonyl (C=O) groups is 2. The van der Waals surface area contributed by atoms with Crippen molar-refractivity contribution in [1.82, 2.24) is 20.4 Å². The molecule has 1 unspecified atom stereocenters. The summed E-state index contributed by atoms with van der Waals surface area (Å²) >= 11 is 0. The van der Waals surface area contributed by atoms with Gasteiger partial charge in [-0.1, -0.05) is 12.1 Å². The Bertz CT molecular complexity index is 701. The maximum absolute atomic E-state index is 12.1. The molecule has 8 nitrogen and oxygen atoms in total. The minimum atomic E-state index is -1.04. The van der Waals surface area contributed by atoms with Crippen LogP contribution in [-0.4, -0.2) is 39.6 Å². The van der Waals surface area contributed by atoms with Crippen LogP contribution in [0.2, 0.25) is 0 Å². The summed E-state index contributed by atoms with van der Waals surface area (Å²) in [6, 6.07) is 3.59. The van der Waals surface area contributed by atoms with Gasteiger partial charge in [-0.05, 0) is 25.5 Å². The van der Waals surface area contributed by atoms with E-state index in [1.54, 1.807) is 32.3 Å². The molecule has 0 fully saturated rings. The molecule has 2 aromatic rings. The van der Waals surface area contributed by atoms with Crippen LogP contribution in [0.25, 0.3) is 11.4 Å². The molecule has 0 aliphatic heterocycles. The summed E-state index contributed by atoms with van der Waals surface area (Å²) in [5, 5.41) is 6.55. The Balaban J connectivity index is 1.93. The first-order valence-electron chi connectivity index (χ1n) is 7.61. The predicted octanol–water partition coefficient (Wildman–Crippen LogP) is 1.52. The van der Waals surface area contributed by atoms with Gasteiger partial charge in [0.05, 0.1) is 7.11 Å². The van der Waals surface area contributed by atoms with Crippen molar-refractivity contribution in [2.24, 2.45) is 0 Å². The van der Waals surface area contributed by atoms with Gasteiger partial charge in [-0.2, -0.15) is 4.98 Å². The van der Waals surface area contributed by atoms with Crippen molar-refractivity contribution in [3.05, 3.63) is 30.4 Å². The molecule has 0 saturated heterocycles. The largest absolute Gasteiger partial charge is 0.467 e. The zero-order valence-corrected chi connectivity index (χ0v) is 13.9. The van der Waals surface area contributed by atoms with Crippen molar-refractivity contribution in [1.29, 1.82) is 0 Å². The van der Waals surface area contributed by atoms with E-state index in [2.05, 4.69) is 20.4 Å². The van der Waals surface area contributed by atoms with Crippen LogP contribution in [-0.2, 0) is 20.7 Å². The fourth-order valence-electron chi connectivity index (χ4n) is 2.07. The summed E-state index contributed by atoms with van der Waals surface area (Å²) in [4.78, 5) is 32.0. The van der Waals surface area contributed by atoms with Crippen molar-refractivity contribution < 1.29 is 18.8 Å². The number of ether oxygens (including phenoxy) is 1. The highest BCUT2D eigenvalue weighted by atomic mass is 16.5. The van der Waals surface area contributed by atoms with Gasteiger partial charge in [0.25, 0.3) is 0 Å². The normalized spacial score (nSPS) is 13.1. The highest BCUT2D eigenvalue weighted by Gasteiger charge is 2.33. The number of hydrogen-bond donors (Lipinski definition) is 1. The van der Waals surface area contributed by atoms with Crippen LogP contribution in [0.1, 0.15) is 32.6 Å². The molecule has 2 rings (SSSR count). The Morgan fingerprint density at radius 1 is 1.42 bits per heavy atom. The lowest BCUT2D eigenvalue weighted by molar-refractivity contribution is -0.150. The highest BCUT2D eigenvalue weighted by Crippen LogP contribution is 2.15. The van der Waals surface area contributed by atoms with E-state index in [1.807, 2.05) is 6.07 Å². The Morgan fingerprint density at radius 3 is 2.83 bits per heavy atom. The third kappa shape index (κ3) is 4.15. The second-order valence-electron chi connectivity index (χ2n) is 5.48. The first-order valence-corrected chi connectivity index (χ1v) is 7.61. The molecule has 0 aliphatic carbocycles. The van der Waals surface area contributed by atoms with E-state index in [1.165, 1.54) is 7.11 Å². The minimum Gasteiger partial charge on any atom is -0.467 e. The van der Waals surface area contributed by atoms with E-state index in [0.29, 0.717) is 18.1 Å². The van der Waals surface area contributed by atoms with E-state index in [4.69, 9.17) is 9.26 Å². The number of carbonyl (C=O) groups excluding carboxylic acids is 2. The molecule has 1 atom stereocenters. The van der Waals surface area contributed by atoms with Crippen LogP contribution in [0.15, 0.2) is 29.0 Å². The highest BCUT2D eigenvalue weighted by molar-refractivity contribution is 5.87. The molecule has 0 spiro atoms. The quantitative estimate of drug-likeness (QED) is 0.766. The third-order valence-electron chi connectivity index (χ3n) is 3.71. The van der Waals surface area contributed by atoms with E-state index in [-0.39, 0.29) is 18.7 Å². The van der Waals surface area contributed by atoms with E-state index in [0.717, 1.165) is 5.56 Å². The summed E-state index contributed by atoms with van der Waals surface area (Å²) in [7, 11) is 1.29. The van der Waals surface area contributed by atoms with Crippen LogP contribution < -0.4 is 5.32 Å². The maximum Gasteiger partial charge on any atom is 0.331 e. The molecule has 24 heavy (non-hydrogen) atoms. The lowest BCUT2D eigenvalue weighted by Gasteiger charge is -2.26. The topological polar surface area (TPSA) is 107 Å². The van der Waals surface area contributed by atoms with Gasteiger partial charge in [0.2, 0.25) is 17.6 Å². The van der Waals surface area contributed by atoms with Gasteiger partial charge in [0.1, 0.15) is 5.54 Å². The lowest BCUT2D eigenvalue weighted by Crippen LogP contribution is -2.52. The molecular formula is C16H20N4O4. The lowest BCUT2D eigenvalue weighted by atomic mass is 9.99. The van der Waals surface area contributed by atoms with E-state index < -0.39 is 11.5 Å². The molecule has 8 heteroatoms. The van der Waals surface area contributed by atoms with Crippen LogP contribution in [0, 0.1) is 0 Å². The van der Waals surface area contributed by atoms with Crippen molar-refractivity contribution in [3.8, 4) is 11.4 Å². The van der Waals surface area contributed by atoms with Crippen LogP contribution in [0.4, 0.5) is 0 Å². The fraction of sp³-hybridized carbons (Fsp3) is 0.438. The summed E-state index contributed by atoms with van der Waals surface area (Å²) in [6.07, 6.45) is 4.11. The zero-order chi connectivity index (χ0) is 17.6. The molecule has 1 amide bonds. The summed E-state index contributed by atoms with van der Waals surface area (Å²) < 4.78 is 9.86. The summed E-state index contributed by atoms with van der Waals surface area (Å²) in [5.41, 5.74) is -0.303. The number of amides is 1. The summed E-state index contributed by atoms with van der Waals surface area (Å²) in [5.74, 6) is 0.00706. The van der Waals surface area contributed by atoms with Crippen molar-refractivity contribution in [2.45, 2.75) is 38.6 Å². The van der Waals surface area contributed by atoms with Crippen molar-refractivity contribution >= 4 is 11.9 Å². The Kier molecular flexibility index (Phi) is 5.62. The molecule has 0 bridgehead atoms. The van der Waals surface area contributed by atoms with E-state index >= 15 is 0 Å². The number of aryl methyl sites for hydroxylation is 1. The van der Waals surface area contributed by atoms with Crippen LogP contribution in [0.5, 0.6) is 0 Å². The number of hydrogen-bond acceptors (Lipinski definition) is 7. The van der Waals surface area contributed by atoms with Gasteiger partial charge in [-0.15, -0.1) is 0 Å². The SMILES string of the molecule is CCC(C)(NC(=O)CCc1nc(-c2cccnc2)no1)C(=O)OC. The molecule has 0 saturated carbocycles. The van der Waals surface area contributed by atoms with Gasteiger partial charge in [0.15, 0.2) is 0 Å². The predicted molar refractivity (Wildman–Crippen MR) is 84.7 cm³/mol. The average Bonchev–Trinajstić information content (AvgIpc) is 3.09. The van der Waals surface area contributed by atoms with Crippen LogP contribution in [0.3, 0.4) is 0 Å². The number of methoxy groups -OCH3 is 1. The molecule has 0 aliphatic rings. The molecule has 128 valence electrons. The molecule has 0 radical (unpaired) electrons. The van der Waals surface area contributed by atoms with Gasteiger partial charge in [-0.3, -0.25) is 9.78 Å². The van der Waals surface area contributed by atoms with E-state index in [9.17, 15) is 9.59 Å². The van der Waals surface area contributed by atoms with Gasteiger partial charge >= 0.3 is 5.97 Å². The first kappa shape index (κ1) is 17.6. The smallest absolute Gasteiger partial charge is 0.331 e. The number of aromatic nitrogens is 3. The first-order chi connectivity index (χ1) is 11.5.